The predicted octanol–water partition coefficient (Wildman–Crippen LogP) is 0.341. The van der Waals surface area contributed by atoms with Gasteiger partial charge in [0.25, 0.3) is 10.0 Å². The van der Waals surface area contributed by atoms with E-state index in [2.05, 4.69) is 0 Å². The normalized spacial score (nSPS) is 22.5. The van der Waals surface area contributed by atoms with Crippen LogP contribution < -0.4 is 0 Å². The van der Waals surface area contributed by atoms with Crippen LogP contribution in [-0.4, -0.2) is 57.9 Å². The maximum absolute atomic E-state index is 12.7. The maximum Gasteiger partial charge on any atom is 0.256 e. The molecule has 2 rings (SSSR count). The smallest absolute Gasteiger partial charge is 0.234 e. The lowest BCUT2D eigenvalue weighted by Gasteiger charge is -2.32. The first-order chi connectivity index (χ1) is 9.24. The maximum atomic E-state index is 12.7. The van der Waals surface area contributed by atoms with E-state index in [1.54, 1.807) is 32.3 Å². The van der Waals surface area contributed by atoms with Crippen molar-refractivity contribution in [2.45, 2.75) is 17.4 Å². The molecule has 1 aliphatic rings. The van der Waals surface area contributed by atoms with Gasteiger partial charge >= 0.3 is 0 Å². The van der Waals surface area contributed by atoms with E-state index in [4.69, 9.17) is 0 Å². The molecule has 1 aromatic carbocycles. The zero-order valence-corrected chi connectivity index (χ0v) is 13.1. The highest BCUT2D eigenvalue weighted by atomic mass is 32.2. The Morgan fingerprint density at radius 2 is 1.75 bits per heavy atom. The number of hydrogen-bond acceptors (Lipinski definition) is 5. The molecule has 0 N–H and O–H groups in total. The molecule has 1 fully saturated rings. The summed E-state index contributed by atoms with van der Waals surface area (Å²) in [5.41, 5.74) is 0. The molecule has 0 bridgehead atoms. The highest BCUT2D eigenvalue weighted by Crippen LogP contribution is 2.25. The largest absolute Gasteiger partial charge is 0.256 e. The second-order valence-electron chi connectivity index (χ2n) is 4.99. The fourth-order valence-corrected chi connectivity index (χ4v) is 5.89. The van der Waals surface area contributed by atoms with Gasteiger partial charge in [0.05, 0.1) is 22.4 Å². The van der Waals surface area contributed by atoms with Crippen molar-refractivity contribution in [1.82, 2.24) is 9.42 Å². The van der Waals surface area contributed by atoms with Crippen molar-refractivity contribution in [3.05, 3.63) is 30.3 Å². The molecule has 0 saturated carbocycles. The summed E-state index contributed by atoms with van der Waals surface area (Å²) >= 11 is 0. The van der Waals surface area contributed by atoms with Crippen molar-refractivity contribution in [1.29, 1.82) is 0 Å². The third kappa shape index (κ3) is 3.03. The van der Waals surface area contributed by atoms with Crippen molar-refractivity contribution in [3.8, 4) is 0 Å². The van der Waals surface area contributed by atoms with Crippen LogP contribution in [0, 0.1) is 0 Å². The average Bonchev–Trinajstić information content (AvgIpc) is 2.69. The first-order valence-electron chi connectivity index (χ1n) is 6.21. The first kappa shape index (κ1) is 15.4. The van der Waals surface area contributed by atoms with Crippen molar-refractivity contribution in [2.75, 3.05) is 25.6 Å². The molecule has 0 unspecified atom stereocenters. The number of hydrazine groups is 1. The van der Waals surface area contributed by atoms with Gasteiger partial charge < -0.3 is 0 Å². The summed E-state index contributed by atoms with van der Waals surface area (Å²) in [5, 5.41) is 1.44. The second kappa shape index (κ2) is 5.44. The summed E-state index contributed by atoms with van der Waals surface area (Å²) in [4.78, 5) is 0.165. The number of hydrogen-bond donors (Lipinski definition) is 0. The highest BCUT2D eigenvalue weighted by molar-refractivity contribution is 7.92. The van der Waals surface area contributed by atoms with E-state index >= 15 is 0 Å². The van der Waals surface area contributed by atoms with Crippen LogP contribution in [0.1, 0.15) is 6.42 Å². The van der Waals surface area contributed by atoms with Gasteiger partial charge in [-0.3, -0.25) is 0 Å². The zero-order valence-electron chi connectivity index (χ0n) is 11.4. The molecule has 8 heteroatoms. The summed E-state index contributed by atoms with van der Waals surface area (Å²) in [6.45, 7) is 0. The Labute approximate surface area is 119 Å². The molecule has 0 aromatic heterocycles. The molecule has 0 amide bonds. The van der Waals surface area contributed by atoms with Crippen LogP contribution in [0.5, 0.6) is 0 Å². The van der Waals surface area contributed by atoms with Crippen molar-refractivity contribution in [3.63, 3.8) is 0 Å². The topological polar surface area (TPSA) is 74.8 Å². The third-order valence-corrected chi connectivity index (χ3v) is 6.94. The summed E-state index contributed by atoms with van der Waals surface area (Å²) < 4.78 is 49.7. The fourth-order valence-electron chi connectivity index (χ4n) is 2.39. The second-order valence-corrected chi connectivity index (χ2v) is 9.02. The van der Waals surface area contributed by atoms with E-state index in [-0.39, 0.29) is 16.4 Å². The van der Waals surface area contributed by atoms with E-state index in [9.17, 15) is 16.8 Å². The van der Waals surface area contributed by atoms with E-state index in [1.807, 2.05) is 0 Å². The van der Waals surface area contributed by atoms with Gasteiger partial charge in [0, 0.05) is 14.1 Å². The Balaban J connectivity index is 2.40. The zero-order chi connectivity index (χ0) is 15.0. The van der Waals surface area contributed by atoms with E-state index < -0.39 is 25.9 Å². The van der Waals surface area contributed by atoms with Crippen LogP contribution in [0.25, 0.3) is 0 Å². The van der Waals surface area contributed by atoms with Crippen LogP contribution in [0.2, 0.25) is 0 Å². The van der Waals surface area contributed by atoms with Gasteiger partial charge in [0.1, 0.15) is 0 Å². The molecule has 112 valence electrons. The minimum Gasteiger partial charge on any atom is -0.234 e. The lowest BCUT2D eigenvalue weighted by Crippen LogP contribution is -2.49. The Bertz CT molecular complexity index is 669. The van der Waals surface area contributed by atoms with Crippen LogP contribution in [0.3, 0.4) is 0 Å². The summed E-state index contributed by atoms with van der Waals surface area (Å²) in [6, 6.07) is 7.50. The van der Waals surface area contributed by atoms with Gasteiger partial charge in [-0.05, 0) is 18.6 Å². The molecule has 0 radical (unpaired) electrons. The van der Waals surface area contributed by atoms with E-state index in [0.29, 0.717) is 6.42 Å². The molecule has 1 aromatic rings. The summed E-state index contributed by atoms with van der Waals surface area (Å²) in [5.74, 6) is -0.0937. The third-order valence-electron chi connectivity index (χ3n) is 3.20. The van der Waals surface area contributed by atoms with E-state index in [1.165, 1.54) is 21.6 Å². The van der Waals surface area contributed by atoms with Gasteiger partial charge in [-0.2, -0.15) is 0 Å². The van der Waals surface area contributed by atoms with Crippen molar-refractivity contribution < 1.29 is 16.8 Å². The minimum absolute atomic E-state index is 0.0340. The Morgan fingerprint density at radius 1 is 1.15 bits per heavy atom. The molecule has 1 aliphatic heterocycles. The van der Waals surface area contributed by atoms with Crippen molar-refractivity contribution in [2.24, 2.45) is 0 Å². The molecule has 6 nitrogen and oxygen atoms in total. The highest BCUT2D eigenvalue weighted by Gasteiger charge is 2.40. The Hall–Kier alpha value is -0.960. The number of sulfone groups is 1. The molecular formula is C12H18N2O4S2. The van der Waals surface area contributed by atoms with E-state index in [0.717, 1.165) is 0 Å². The van der Waals surface area contributed by atoms with Gasteiger partial charge in [-0.15, -0.1) is 4.41 Å². The molecular weight excluding hydrogens is 300 g/mol. The van der Waals surface area contributed by atoms with Gasteiger partial charge in [-0.1, -0.05) is 18.2 Å². The standard InChI is InChI=1S/C12H18N2O4S2/c1-13(2)14(11-8-9-19(15,16)10-11)20(17,18)12-6-4-3-5-7-12/h3-7,11H,8-10H2,1-2H3/t11-/m1/s1. The predicted molar refractivity (Wildman–Crippen MR) is 76.2 cm³/mol. The van der Waals surface area contributed by atoms with Gasteiger partial charge in [0.15, 0.2) is 9.84 Å². The van der Waals surface area contributed by atoms with Crippen molar-refractivity contribution >= 4 is 19.9 Å². The lowest BCUT2D eigenvalue weighted by atomic mass is 10.3. The first-order valence-corrected chi connectivity index (χ1v) is 9.47. The molecule has 0 aliphatic carbocycles. The number of rotatable bonds is 4. The molecule has 20 heavy (non-hydrogen) atoms. The van der Waals surface area contributed by atoms with Crippen LogP contribution in [0.4, 0.5) is 0 Å². The summed E-state index contributed by atoms with van der Waals surface area (Å²) in [6.07, 6.45) is 0.326. The van der Waals surface area contributed by atoms with Crippen LogP contribution >= 0.6 is 0 Å². The fraction of sp³-hybridized carbons (Fsp3) is 0.500. The van der Waals surface area contributed by atoms with Crippen LogP contribution in [-0.2, 0) is 19.9 Å². The quantitative estimate of drug-likeness (QED) is 0.749. The number of benzene rings is 1. The molecule has 0 spiro atoms. The van der Waals surface area contributed by atoms with Gasteiger partial charge in [0.2, 0.25) is 0 Å². The molecule has 1 heterocycles. The molecule has 1 saturated heterocycles. The van der Waals surface area contributed by atoms with Crippen LogP contribution in [0.15, 0.2) is 35.2 Å². The Kier molecular flexibility index (Phi) is 4.19. The SMILES string of the molecule is CN(C)N([C@@H]1CCS(=O)(=O)C1)S(=O)(=O)c1ccccc1. The minimum atomic E-state index is -3.74. The lowest BCUT2D eigenvalue weighted by molar-refractivity contribution is 0.0893. The molecule has 1 atom stereocenters. The summed E-state index contributed by atoms with van der Waals surface area (Å²) in [7, 11) is -3.68. The average molecular weight is 318 g/mol. The Morgan fingerprint density at radius 3 is 2.20 bits per heavy atom. The van der Waals surface area contributed by atoms with Gasteiger partial charge in [-0.25, -0.2) is 21.8 Å². The number of nitrogens with zero attached hydrogens (tertiary/aromatic N) is 2. The monoisotopic (exact) mass is 318 g/mol. The number of sulfonamides is 1.